The first-order valence-electron chi connectivity index (χ1n) is 5.02. The summed E-state index contributed by atoms with van der Waals surface area (Å²) in [5, 5.41) is 2.85. The van der Waals surface area contributed by atoms with E-state index in [0.29, 0.717) is 6.42 Å². The Morgan fingerprint density at radius 1 is 1.40 bits per heavy atom. The third kappa shape index (κ3) is 3.98. The smallest absolute Gasteiger partial charge is 0.225 e. The minimum atomic E-state index is -0.154. The molecule has 0 saturated carbocycles. The van der Waals surface area contributed by atoms with Gasteiger partial charge in [-0.25, -0.2) is 0 Å². The number of carbonyl (C=O) groups is 1. The molecule has 0 heterocycles. The Hall–Kier alpha value is -1.57. The molecule has 2 heteroatoms. The van der Waals surface area contributed by atoms with Gasteiger partial charge in [0.05, 0.1) is 0 Å². The summed E-state index contributed by atoms with van der Waals surface area (Å²) in [4.78, 5) is 11.6. The number of anilines is 1. The Morgan fingerprint density at radius 2 is 2.00 bits per heavy atom. The Labute approximate surface area is 91.0 Å². The lowest BCUT2D eigenvalue weighted by molar-refractivity contribution is -0.117. The van der Waals surface area contributed by atoms with Crippen molar-refractivity contribution in [1.29, 1.82) is 0 Å². The third-order valence-corrected chi connectivity index (χ3v) is 2.23. The van der Waals surface area contributed by atoms with E-state index < -0.39 is 0 Å². The van der Waals surface area contributed by atoms with Crippen LogP contribution in [0, 0.1) is 5.41 Å². The molecule has 0 aliphatic rings. The van der Waals surface area contributed by atoms with E-state index in [0.717, 1.165) is 5.69 Å². The number of hydrogen-bond acceptors (Lipinski definition) is 1. The largest absolute Gasteiger partial charge is 0.326 e. The van der Waals surface area contributed by atoms with Crippen molar-refractivity contribution in [1.82, 2.24) is 0 Å². The summed E-state index contributed by atoms with van der Waals surface area (Å²) in [6, 6.07) is 9.46. The number of amides is 1. The van der Waals surface area contributed by atoms with E-state index in [1.54, 1.807) is 6.08 Å². The molecule has 15 heavy (non-hydrogen) atoms. The van der Waals surface area contributed by atoms with Gasteiger partial charge in [0.2, 0.25) is 5.91 Å². The first-order chi connectivity index (χ1) is 7.03. The molecular weight excluding hydrogens is 186 g/mol. The van der Waals surface area contributed by atoms with E-state index in [2.05, 4.69) is 11.9 Å². The Morgan fingerprint density at radius 3 is 2.53 bits per heavy atom. The number of carbonyl (C=O) groups excluding carboxylic acids is 1. The fourth-order valence-corrected chi connectivity index (χ4v) is 1.21. The molecule has 1 rings (SSSR count). The van der Waals surface area contributed by atoms with Crippen molar-refractivity contribution in [3.63, 3.8) is 0 Å². The van der Waals surface area contributed by atoms with Gasteiger partial charge in [-0.2, -0.15) is 0 Å². The minimum Gasteiger partial charge on any atom is -0.326 e. The van der Waals surface area contributed by atoms with Crippen LogP contribution in [-0.2, 0) is 4.79 Å². The van der Waals surface area contributed by atoms with Gasteiger partial charge < -0.3 is 5.32 Å². The summed E-state index contributed by atoms with van der Waals surface area (Å²) >= 11 is 0. The van der Waals surface area contributed by atoms with Crippen LogP contribution in [0.25, 0.3) is 0 Å². The van der Waals surface area contributed by atoms with E-state index in [4.69, 9.17) is 0 Å². The molecule has 1 aromatic carbocycles. The van der Waals surface area contributed by atoms with Gasteiger partial charge in [0.25, 0.3) is 0 Å². The highest BCUT2D eigenvalue weighted by Gasteiger charge is 2.17. The number of benzene rings is 1. The first kappa shape index (κ1) is 11.5. The van der Waals surface area contributed by atoms with E-state index in [1.807, 2.05) is 44.2 Å². The topological polar surface area (TPSA) is 29.1 Å². The van der Waals surface area contributed by atoms with Crippen LogP contribution in [-0.4, -0.2) is 5.91 Å². The molecule has 0 aliphatic carbocycles. The molecule has 0 bridgehead atoms. The van der Waals surface area contributed by atoms with Crippen LogP contribution in [0.15, 0.2) is 43.0 Å². The molecule has 1 N–H and O–H groups in total. The van der Waals surface area contributed by atoms with Gasteiger partial charge >= 0.3 is 0 Å². The Bertz CT molecular complexity index is 341. The van der Waals surface area contributed by atoms with Crippen LogP contribution in [0.1, 0.15) is 20.3 Å². The summed E-state index contributed by atoms with van der Waals surface area (Å²) in [5.74, 6) is 0.0195. The highest BCUT2D eigenvalue weighted by molar-refractivity contribution is 5.91. The van der Waals surface area contributed by atoms with Crippen molar-refractivity contribution >= 4 is 11.6 Å². The fourth-order valence-electron chi connectivity index (χ4n) is 1.21. The molecule has 1 amide bonds. The van der Waals surface area contributed by atoms with Gasteiger partial charge in [0.1, 0.15) is 0 Å². The van der Waals surface area contributed by atoms with Crippen molar-refractivity contribution in [2.24, 2.45) is 5.41 Å². The molecule has 1 aromatic rings. The van der Waals surface area contributed by atoms with Crippen LogP contribution >= 0.6 is 0 Å². The number of hydrogen-bond donors (Lipinski definition) is 1. The summed E-state index contributed by atoms with van der Waals surface area (Å²) in [6.07, 6.45) is 2.25. The number of rotatable bonds is 4. The summed E-state index contributed by atoms with van der Waals surface area (Å²) in [7, 11) is 0. The fraction of sp³-hybridized carbons (Fsp3) is 0.308. The van der Waals surface area contributed by atoms with Crippen LogP contribution in [0.2, 0.25) is 0 Å². The highest BCUT2D eigenvalue weighted by Crippen LogP contribution is 2.21. The van der Waals surface area contributed by atoms with Crippen LogP contribution < -0.4 is 5.32 Å². The van der Waals surface area contributed by atoms with Gasteiger partial charge in [0, 0.05) is 12.1 Å². The van der Waals surface area contributed by atoms with Crippen LogP contribution in [0.5, 0.6) is 0 Å². The molecule has 0 unspecified atom stereocenters. The van der Waals surface area contributed by atoms with Gasteiger partial charge in [-0.3, -0.25) is 4.79 Å². The normalized spacial score (nSPS) is 10.8. The molecule has 0 saturated heterocycles. The lowest BCUT2D eigenvalue weighted by atomic mass is 9.89. The predicted molar refractivity (Wildman–Crippen MR) is 63.7 cm³/mol. The molecule has 0 spiro atoms. The maximum atomic E-state index is 11.6. The number of para-hydroxylation sites is 1. The van der Waals surface area contributed by atoms with Gasteiger partial charge in [-0.15, -0.1) is 6.58 Å². The zero-order valence-corrected chi connectivity index (χ0v) is 9.29. The average Bonchev–Trinajstić information content (AvgIpc) is 2.18. The minimum absolute atomic E-state index is 0.0195. The Kier molecular flexibility index (Phi) is 3.67. The summed E-state index contributed by atoms with van der Waals surface area (Å²) < 4.78 is 0. The lowest BCUT2D eigenvalue weighted by Crippen LogP contribution is -2.20. The van der Waals surface area contributed by atoms with Crippen LogP contribution in [0.3, 0.4) is 0 Å². The second-order valence-corrected chi connectivity index (χ2v) is 4.28. The molecule has 0 aliphatic heterocycles. The predicted octanol–water partition coefficient (Wildman–Crippen LogP) is 3.23. The summed E-state index contributed by atoms with van der Waals surface area (Å²) in [6.45, 7) is 7.69. The number of allylic oxidation sites excluding steroid dienone is 1. The molecule has 0 aromatic heterocycles. The van der Waals surface area contributed by atoms with Crippen molar-refractivity contribution in [2.45, 2.75) is 20.3 Å². The molecule has 80 valence electrons. The van der Waals surface area contributed by atoms with E-state index in [1.165, 1.54) is 0 Å². The lowest BCUT2D eigenvalue weighted by Gasteiger charge is -2.18. The maximum absolute atomic E-state index is 11.6. The molecular formula is C13H17NO. The summed E-state index contributed by atoms with van der Waals surface area (Å²) in [5.41, 5.74) is 0.682. The van der Waals surface area contributed by atoms with E-state index in [-0.39, 0.29) is 11.3 Å². The standard InChI is InChI=1S/C13H17NO/c1-4-13(2,3)10-12(15)14-11-8-6-5-7-9-11/h4-9H,1,10H2,2-3H3,(H,14,15). The van der Waals surface area contributed by atoms with Crippen molar-refractivity contribution in [3.05, 3.63) is 43.0 Å². The van der Waals surface area contributed by atoms with Gasteiger partial charge in [-0.05, 0) is 17.5 Å². The zero-order chi connectivity index (χ0) is 11.3. The van der Waals surface area contributed by atoms with Gasteiger partial charge in [-0.1, -0.05) is 38.1 Å². The number of nitrogens with one attached hydrogen (secondary N) is 1. The van der Waals surface area contributed by atoms with E-state index >= 15 is 0 Å². The molecule has 0 radical (unpaired) electrons. The second-order valence-electron chi connectivity index (χ2n) is 4.28. The van der Waals surface area contributed by atoms with Gasteiger partial charge in [0.15, 0.2) is 0 Å². The van der Waals surface area contributed by atoms with Crippen LogP contribution in [0.4, 0.5) is 5.69 Å². The van der Waals surface area contributed by atoms with Crippen molar-refractivity contribution < 1.29 is 4.79 Å². The quantitative estimate of drug-likeness (QED) is 0.748. The maximum Gasteiger partial charge on any atom is 0.225 e. The van der Waals surface area contributed by atoms with E-state index in [9.17, 15) is 4.79 Å². The molecule has 0 fully saturated rings. The third-order valence-electron chi connectivity index (χ3n) is 2.23. The molecule has 2 nitrogen and oxygen atoms in total. The monoisotopic (exact) mass is 203 g/mol. The van der Waals surface area contributed by atoms with Crippen molar-refractivity contribution in [3.8, 4) is 0 Å². The first-order valence-corrected chi connectivity index (χ1v) is 5.02. The van der Waals surface area contributed by atoms with Crippen molar-refractivity contribution in [2.75, 3.05) is 5.32 Å². The highest BCUT2D eigenvalue weighted by atomic mass is 16.1. The zero-order valence-electron chi connectivity index (χ0n) is 9.29. The SMILES string of the molecule is C=CC(C)(C)CC(=O)Nc1ccccc1. The average molecular weight is 203 g/mol. The second kappa shape index (κ2) is 4.78. The molecule has 0 atom stereocenters. The Balaban J connectivity index is 2.54.